The average Bonchev–Trinajstić information content (AvgIpc) is 2.72. The Bertz CT molecular complexity index is 914. The fourth-order valence-corrected chi connectivity index (χ4v) is 3.10. The first-order chi connectivity index (χ1) is 13.7. The van der Waals surface area contributed by atoms with Gasteiger partial charge in [0, 0.05) is 22.8 Å². The number of hydrogen-bond donors (Lipinski definition) is 0. The van der Waals surface area contributed by atoms with Gasteiger partial charge < -0.3 is 14.4 Å². The van der Waals surface area contributed by atoms with E-state index in [2.05, 4.69) is 4.90 Å². The van der Waals surface area contributed by atoms with Gasteiger partial charge in [0.05, 0.1) is 6.54 Å². The van der Waals surface area contributed by atoms with Crippen molar-refractivity contribution in [3.05, 3.63) is 83.9 Å². The topological polar surface area (TPSA) is 38.8 Å². The number of halogens is 1. The van der Waals surface area contributed by atoms with Crippen molar-refractivity contribution in [2.75, 3.05) is 24.6 Å². The smallest absolute Gasteiger partial charge is 0.432 e. The van der Waals surface area contributed by atoms with E-state index in [0.29, 0.717) is 17.3 Å². The first-order valence-corrected chi connectivity index (χ1v) is 9.54. The molecule has 0 unspecified atom stereocenters. The molecule has 28 heavy (non-hydrogen) atoms. The largest absolute Gasteiger partial charge is 0.513 e. The molecule has 0 aliphatic rings. The summed E-state index contributed by atoms with van der Waals surface area (Å²) >= 11 is 6.05. The normalized spacial score (nSPS) is 10.4. The minimum Gasteiger partial charge on any atom is -0.432 e. The standard InChI is InChI=1S/C23H22ClNO3/c1-2-25(20-12-8-11-19(24)17-20)15-16-27-23(26)28-22-14-7-6-13-21(22)18-9-4-3-5-10-18/h3-14,17H,2,15-16H2,1H3. The van der Waals surface area contributed by atoms with E-state index in [0.717, 1.165) is 23.4 Å². The highest BCUT2D eigenvalue weighted by Gasteiger charge is 2.12. The summed E-state index contributed by atoms with van der Waals surface area (Å²) in [6, 6.07) is 24.8. The zero-order valence-electron chi connectivity index (χ0n) is 15.7. The maximum Gasteiger partial charge on any atom is 0.513 e. The van der Waals surface area contributed by atoms with Crippen LogP contribution in [0.15, 0.2) is 78.9 Å². The molecule has 0 amide bonds. The Labute approximate surface area is 170 Å². The highest BCUT2D eigenvalue weighted by molar-refractivity contribution is 6.30. The van der Waals surface area contributed by atoms with Crippen LogP contribution in [0.5, 0.6) is 5.75 Å². The number of carbonyl (C=O) groups is 1. The van der Waals surface area contributed by atoms with Crippen molar-refractivity contribution in [1.29, 1.82) is 0 Å². The van der Waals surface area contributed by atoms with E-state index in [4.69, 9.17) is 21.1 Å². The lowest BCUT2D eigenvalue weighted by Gasteiger charge is -2.23. The lowest BCUT2D eigenvalue weighted by atomic mass is 10.1. The molecule has 0 N–H and O–H groups in total. The zero-order chi connectivity index (χ0) is 19.8. The third-order valence-corrected chi connectivity index (χ3v) is 4.54. The van der Waals surface area contributed by atoms with E-state index >= 15 is 0 Å². The average molecular weight is 396 g/mol. The van der Waals surface area contributed by atoms with Crippen molar-refractivity contribution in [2.24, 2.45) is 0 Å². The minimum absolute atomic E-state index is 0.215. The minimum atomic E-state index is -0.717. The Morgan fingerprint density at radius 2 is 1.71 bits per heavy atom. The number of rotatable bonds is 7. The highest BCUT2D eigenvalue weighted by Crippen LogP contribution is 2.29. The van der Waals surface area contributed by atoms with Crippen LogP contribution in [0.2, 0.25) is 5.02 Å². The predicted molar refractivity (Wildman–Crippen MR) is 113 cm³/mol. The van der Waals surface area contributed by atoms with Crippen LogP contribution in [0.1, 0.15) is 6.92 Å². The fourth-order valence-electron chi connectivity index (χ4n) is 2.91. The van der Waals surface area contributed by atoms with Crippen molar-refractivity contribution in [2.45, 2.75) is 6.92 Å². The van der Waals surface area contributed by atoms with Gasteiger partial charge >= 0.3 is 6.16 Å². The number of benzene rings is 3. The van der Waals surface area contributed by atoms with Gasteiger partial charge in [-0.1, -0.05) is 66.2 Å². The molecule has 0 radical (unpaired) electrons. The summed E-state index contributed by atoms with van der Waals surface area (Å²) in [7, 11) is 0. The number of anilines is 1. The highest BCUT2D eigenvalue weighted by atomic mass is 35.5. The molecule has 0 bridgehead atoms. The summed E-state index contributed by atoms with van der Waals surface area (Å²) in [5.41, 5.74) is 2.81. The second-order valence-corrected chi connectivity index (χ2v) is 6.56. The van der Waals surface area contributed by atoms with Crippen LogP contribution in [0, 0.1) is 0 Å². The quantitative estimate of drug-likeness (QED) is 0.360. The predicted octanol–water partition coefficient (Wildman–Crippen LogP) is 6.05. The Hall–Kier alpha value is -2.98. The lowest BCUT2D eigenvalue weighted by molar-refractivity contribution is 0.102. The summed E-state index contributed by atoms with van der Waals surface area (Å²) < 4.78 is 10.7. The molecule has 3 aromatic rings. The SMILES string of the molecule is CCN(CCOC(=O)Oc1ccccc1-c1ccccc1)c1cccc(Cl)c1. The number of para-hydroxylation sites is 1. The van der Waals surface area contributed by atoms with Crippen molar-refractivity contribution in [3.63, 3.8) is 0 Å². The first kappa shape index (κ1) is 19.8. The third-order valence-electron chi connectivity index (χ3n) is 4.30. The van der Waals surface area contributed by atoms with Crippen LogP contribution in [-0.2, 0) is 4.74 Å². The van der Waals surface area contributed by atoms with Crippen LogP contribution in [-0.4, -0.2) is 25.9 Å². The van der Waals surface area contributed by atoms with Crippen molar-refractivity contribution in [1.82, 2.24) is 0 Å². The molecule has 0 aromatic heterocycles. The molecule has 0 aliphatic carbocycles. The van der Waals surface area contributed by atoms with E-state index in [-0.39, 0.29) is 6.61 Å². The molecule has 5 heteroatoms. The van der Waals surface area contributed by atoms with Gasteiger partial charge in [0.25, 0.3) is 0 Å². The Morgan fingerprint density at radius 3 is 2.46 bits per heavy atom. The molecule has 0 aliphatic heterocycles. The van der Waals surface area contributed by atoms with Crippen LogP contribution in [0.25, 0.3) is 11.1 Å². The Morgan fingerprint density at radius 1 is 0.964 bits per heavy atom. The number of ether oxygens (including phenoxy) is 2. The molecule has 4 nitrogen and oxygen atoms in total. The molecule has 3 rings (SSSR count). The molecule has 144 valence electrons. The van der Waals surface area contributed by atoms with Gasteiger partial charge in [-0.15, -0.1) is 0 Å². The summed E-state index contributed by atoms with van der Waals surface area (Å²) in [5.74, 6) is 0.473. The molecular weight excluding hydrogens is 374 g/mol. The summed E-state index contributed by atoms with van der Waals surface area (Å²) in [6.07, 6.45) is -0.717. The third kappa shape index (κ3) is 5.27. The molecule has 0 saturated heterocycles. The molecule has 0 saturated carbocycles. The maximum atomic E-state index is 12.2. The molecular formula is C23H22ClNO3. The van der Waals surface area contributed by atoms with Gasteiger partial charge in [0.1, 0.15) is 12.4 Å². The van der Waals surface area contributed by atoms with Gasteiger partial charge in [0.15, 0.2) is 0 Å². The van der Waals surface area contributed by atoms with Crippen LogP contribution < -0.4 is 9.64 Å². The second kappa shape index (κ2) is 9.81. The van der Waals surface area contributed by atoms with Gasteiger partial charge in [-0.3, -0.25) is 0 Å². The van der Waals surface area contributed by atoms with E-state index in [1.807, 2.05) is 79.7 Å². The zero-order valence-corrected chi connectivity index (χ0v) is 16.4. The molecule has 3 aromatic carbocycles. The van der Waals surface area contributed by atoms with Crippen molar-refractivity contribution in [3.8, 4) is 16.9 Å². The van der Waals surface area contributed by atoms with Gasteiger partial charge in [-0.05, 0) is 36.8 Å². The van der Waals surface area contributed by atoms with Crippen LogP contribution in [0.3, 0.4) is 0 Å². The summed E-state index contributed by atoms with van der Waals surface area (Å²) in [6.45, 7) is 3.57. The van der Waals surface area contributed by atoms with Crippen LogP contribution >= 0.6 is 11.6 Å². The number of hydrogen-bond acceptors (Lipinski definition) is 4. The number of likely N-dealkylation sites (N-methyl/N-ethyl adjacent to an activating group) is 1. The fraction of sp³-hybridized carbons (Fsp3) is 0.174. The van der Waals surface area contributed by atoms with Crippen molar-refractivity contribution >= 4 is 23.4 Å². The van der Waals surface area contributed by atoms with E-state index in [9.17, 15) is 4.79 Å². The number of nitrogens with zero attached hydrogens (tertiary/aromatic N) is 1. The van der Waals surface area contributed by atoms with E-state index in [1.54, 1.807) is 6.07 Å². The number of carbonyl (C=O) groups excluding carboxylic acids is 1. The molecule has 0 fully saturated rings. The first-order valence-electron chi connectivity index (χ1n) is 9.17. The lowest BCUT2D eigenvalue weighted by Crippen LogP contribution is -2.28. The Balaban J connectivity index is 1.58. The summed E-state index contributed by atoms with van der Waals surface area (Å²) in [4.78, 5) is 14.3. The van der Waals surface area contributed by atoms with E-state index < -0.39 is 6.16 Å². The molecule has 0 spiro atoms. The second-order valence-electron chi connectivity index (χ2n) is 6.12. The van der Waals surface area contributed by atoms with Crippen molar-refractivity contribution < 1.29 is 14.3 Å². The maximum absolute atomic E-state index is 12.2. The van der Waals surface area contributed by atoms with Gasteiger partial charge in [-0.25, -0.2) is 4.79 Å². The monoisotopic (exact) mass is 395 g/mol. The summed E-state index contributed by atoms with van der Waals surface area (Å²) in [5, 5.41) is 0.675. The van der Waals surface area contributed by atoms with Gasteiger partial charge in [-0.2, -0.15) is 0 Å². The van der Waals surface area contributed by atoms with Crippen LogP contribution in [0.4, 0.5) is 10.5 Å². The molecule has 0 heterocycles. The molecule has 0 atom stereocenters. The van der Waals surface area contributed by atoms with Gasteiger partial charge in [0.2, 0.25) is 0 Å². The van der Waals surface area contributed by atoms with E-state index in [1.165, 1.54) is 0 Å². The Kier molecular flexibility index (Phi) is 6.93.